The predicted molar refractivity (Wildman–Crippen MR) is 128 cm³/mol. The summed E-state index contributed by atoms with van der Waals surface area (Å²) < 4.78 is 10.7. The lowest BCUT2D eigenvalue weighted by molar-refractivity contribution is -0.131. The van der Waals surface area contributed by atoms with Crippen molar-refractivity contribution in [2.75, 3.05) is 7.11 Å². The number of hydrogen-bond donors (Lipinski definition) is 0. The minimum atomic E-state index is -0.300. The summed E-state index contributed by atoms with van der Waals surface area (Å²) in [5, 5.41) is 0. The summed E-state index contributed by atoms with van der Waals surface area (Å²) in [5.41, 5.74) is 3.96. The lowest BCUT2D eigenvalue weighted by atomic mass is 9.54. The van der Waals surface area contributed by atoms with Crippen LogP contribution in [0.3, 0.4) is 0 Å². The molecule has 0 spiro atoms. The quantitative estimate of drug-likeness (QED) is 0.327. The van der Waals surface area contributed by atoms with Crippen LogP contribution in [0, 0.1) is 5.41 Å². The zero-order valence-corrected chi connectivity index (χ0v) is 19.4. The normalized spacial score (nSPS) is 22.2. The maximum absolute atomic E-state index is 11.4. The fourth-order valence-corrected chi connectivity index (χ4v) is 5.61. The first-order valence-corrected chi connectivity index (χ1v) is 11.3. The third-order valence-corrected chi connectivity index (χ3v) is 6.76. The molecule has 32 heavy (non-hydrogen) atoms. The molecule has 2 atom stereocenters. The van der Waals surface area contributed by atoms with Gasteiger partial charge in [-0.05, 0) is 71.6 Å². The van der Waals surface area contributed by atoms with E-state index in [9.17, 15) is 4.79 Å². The maximum Gasteiger partial charge on any atom is 0.308 e. The monoisotopic (exact) mass is 428 g/mol. The zero-order valence-electron chi connectivity index (χ0n) is 19.4. The molecular weight excluding hydrogens is 396 g/mol. The first kappa shape index (κ1) is 22.1. The first-order valence-electron chi connectivity index (χ1n) is 11.3. The van der Waals surface area contributed by atoms with Gasteiger partial charge in [-0.1, -0.05) is 68.4 Å². The Morgan fingerprint density at radius 2 is 1.38 bits per heavy atom. The van der Waals surface area contributed by atoms with Crippen LogP contribution in [0.15, 0.2) is 78.9 Å². The molecule has 0 saturated heterocycles. The third kappa shape index (κ3) is 4.57. The van der Waals surface area contributed by atoms with Crippen molar-refractivity contribution in [3.8, 4) is 11.5 Å². The Hall–Kier alpha value is -3.07. The average Bonchev–Trinajstić information content (AvgIpc) is 2.78. The summed E-state index contributed by atoms with van der Waals surface area (Å²) in [6.45, 7) is 6.20. The Kier molecular flexibility index (Phi) is 6.10. The van der Waals surface area contributed by atoms with Crippen molar-refractivity contribution in [2.24, 2.45) is 5.41 Å². The number of carbonyl (C=O) groups excluding carboxylic acids is 1. The summed E-state index contributed by atoms with van der Waals surface area (Å²) in [5.74, 6) is 1.60. The lowest BCUT2D eigenvalue weighted by Crippen LogP contribution is -2.41. The van der Waals surface area contributed by atoms with Crippen LogP contribution in [0.1, 0.15) is 62.6 Å². The Balaban J connectivity index is 1.83. The van der Waals surface area contributed by atoms with Crippen LogP contribution >= 0.6 is 0 Å². The van der Waals surface area contributed by atoms with Gasteiger partial charge in [0.25, 0.3) is 0 Å². The van der Waals surface area contributed by atoms with E-state index < -0.39 is 0 Å². The highest BCUT2D eigenvalue weighted by Crippen LogP contribution is 2.56. The summed E-state index contributed by atoms with van der Waals surface area (Å²) in [4.78, 5) is 11.4. The molecule has 0 heterocycles. The molecule has 3 aromatic carbocycles. The van der Waals surface area contributed by atoms with E-state index in [1.54, 1.807) is 7.11 Å². The first-order chi connectivity index (χ1) is 15.3. The molecule has 3 aromatic rings. The number of benzene rings is 3. The van der Waals surface area contributed by atoms with Crippen molar-refractivity contribution < 1.29 is 14.3 Å². The van der Waals surface area contributed by atoms with Crippen molar-refractivity contribution in [2.45, 2.75) is 51.4 Å². The highest BCUT2D eigenvalue weighted by molar-refractivity contribution is 5.69. The van der Waals surface area contributed by atoms with Gasteiger partial charge >= 0.3 is 5.97 Å². The summed E-state index contributed by atoms with van der Waals surface area (Å²) >= 11 is 0. The van der Waals surface area contributed by atoms with Crippen LogP contribution in [-0.4, -0.2) is 13.1 Å². The van der Waals surface area contributed by atoms with Crippen LogP contribution in [0.4, 0.5) is 0 Å². The number of esters is 1. The molecule has 1 saturated carbocycles. The van der Waals surface area contributed by atoms with Gasteiger partial charge in [0.2, 0.25) is 0 Å². The van der Waals surface area contributed by atoms with Gasteiger partial charge in [0.1, 0.15) is 11.5 Å². The number of ether oxygens (including phenoxy) is 2. The molecular formula is C29H32O3. The van der Waals surface area contributed by atoms with E-state index in [1.807, 2.05) is 12.1 Å². The summed E-state index contributed by atoms with van der Waals surface area (Å²) in [6.07, 6.45) is 3.22. The van der Waals surface area contributed by atoms with Crippen molar-refractivity contribution >= 4 is 5.97 Å². The summed E-state index contributed by atoms with van der Waals surface area (Å²) in [6, 6.07) is 27.5. The molecule has 1 aliphatic rings. The maximum atomic E-state index is 11.4. The second-order valence-electron chi connectivity index (χ2n) is 9.79. The van der Waals surface area contributed by atoms with E-state index in [4.69, 9.17) is 9.47 Å². The molecule has 3 nitrogen and oxygen atoms in total. The zero-order chi connectivity index (χ0) is 22.8. The van der Waals surface area contributed by atoms with Crippen LogP contribution in [0.25, 0.3) is 0 Å². The third-order valence-electron chi connectivity index (χ3n) is 6.76. The number of hydrogen-bond acceptors (Lipinski definition) is 3. The van der Waals surface area contributed by atoms with Crippen LogP contribution < -0.4 is 9.47 Å². The molecule has 0 radical (unpaired) electrons. The smallest absolute Gasteiger partial charge is 0.308 e. The molecule has 3 heteroatoms. The van der Waals surface area contributed by atoms with Crippen molar-refractivity contribution in [1.82, 2.24) is 0 Å². The Labute approximate surface area is 191 Å². The molecule has 0 aliphatic heterocycles. The molecule has 1 aliphatic carbocycles. The van der Waals surface area contributed by atoms with Gasteiger partial charge < -0.3 is 9.47 Å². The largest absolute Gasteiger partial charge is 0.497 e. The molecule has 1 fully saturated rings. The van der Waals surface area contributed by atoms with Gasteiger partial charge in [-0.3, -0.25) is 4.79 Å². The van der Waals surface area contributed by atoms with E-state index in [1.165, 1.54) is 23.6 Å². The van der Waals surface area contributed by atoms with Gasteiger partial charge in [-0.25, -0.2) is 0 Å². The fourth-order valence-electron chi connectivity index (χ4n) is 5.61. The van der Waals surface area contributed by atoms with Crippen LogP contribution in [0.2, 0.25) is 0 Å². The van der Waals surface area contributed by atoms with Gasteiger partial charge in [0, 0.05) is 12.3 Å². The lowest BCUT2D eigenvalue weighted by Gasteiger charge is -2.49. The number of rotatable bonds is 5. The Morgan fingerprint density at radius 3 is 1.91 bits per heavy atom. The molecule has 166 valence electrons. The van der Waals surface area contributed by atoms with Crippen LogP contribution in [-0.2, 0) is 10.2 Å². The van der Waals surface area contributed by atoms with Crippen molar-refractivity contribution in [3.63, 3.8) is 0 Å². The van der Waals surface area contributed by atoms with Gasteiger partial charge in [-0.2, -0.15) is 0 Å². The molecule has 0 bridgehead atoms. The number of methoxy groups -OCH3 is 1. The molecule has 2 unspecified atom stereocenters. The molecule has 4 rings (SSSR count). The topological polar surface area (TPSA) is 35.5 Å². The Bertz CT molecular complexity index is 1050. The van der Waals surface area contributed by atoms with Crippen molar-refractivity contribution in [1.29, 1.82) is 0 Å². The highest BCUT2D eigenvalue weighted by Gasteiger charge is 2.46. The van der Waals surface area contributed by atoms with Crippen molar-refractivity contribution in [3.05, 3.63) is 95.6 Å². The van der Waals surface area contributed by atoms with E-state index in [0.29, 0.717) is 11.7 Å². The standard InChI is InChI=1S/C29H32O3/c1-21(30)32-27-16-12-25(13-17-27)29(24-10-14-26(31-4)15-11-24)19-23(18-28(2,3)20-29)22-8-6-5-7-9-22/h5-17,23H,18-20H2,1-4H3. The minimum Gasteiger partial charge on any atom is -0.497 e. The predicted octanol–water partition coefficient (Wildman–Crippen LogP) is 6.90. The van der Waals surface area contributed by atoms with E-state index in [0.717, 1.165) is 25.0 Å². The van der Waals surface area contributed by atoms with Gasteiger partial charge in [-0.15, -0.1) is 0 Å². The highest BCUT2D eigenvalue weighted by atomic mass is 16.5. The fraction of sp³-hybridized carbons (Fsp3) is 0.345. The molecule has 0 amide bonds. The second-order valence-corrected chi connectivity index (χ2v) is 9.79. The minimum absolute atomic E-state index is 0.150. The van der Waals surface area contributed by atoms with Crippen LogP contribution in [0.5, 0.6) is 11.5 Å². The summed E-state index contributed by atoms with van der Waals surface area (Å²) in [7, 11) is 1.70. The van der Waals surface area contributed by atoms with Gasteiger partial charge in [0.05, 0.1) is 7.11 Å². The van der Waals surface area contributed by atoms with E-state index >= 15 is 0 Å². The van der Waals surface area contributed by atoms with E-state index in [-0.39, 0.29) is 16.8 Å². The second kappa shape index (κ2) is 8.82. The average molecular weight is 429 g/mol. The SMILES string of the molecule is COc1ccc(C2(c3ccc(OC(C)=O)cc3)CC(c3ccccc3)CC(C)(C)C2)cc1. The number of carbonyl (C=O) groups is 1. The van der Waals surface area contributed by atoms with E-state index in [2.05, 4.69) is 80.6 Å². The molecule has 0 N–H and O–H groups in total. The Morgan fingerprint density at radius 1 is 0.812 bits per heavy atom. The molecule has 0 aromatic heterocycles. The van der Waals surface area contributed by atoms with Gasteiger partial charge in [0.15, 0.2) is 0 Å².